The van der Waals surface area contributed by atoms with Crippen LogP contribution in [-0.2, 0) is 0 Å². The summed E-state index contributed by atoms with van der Waals surface area (Å²) in [6, 6.07) is 5.77. The Hall–Kier alpha value is -1.79. The van der Waals surface area contributed by atoms with Crippen LogP contribution in [0.2, 0.25) is 0 Å². The topological polar surface area (TPSA) is 40.5 Å². The number of aryl methyl sites for hydroxylation is 1. The van der Waals surface area contributed by atoms with Crippen LogP contribution in [0.3, 0.4) is 0 Å². The summed E-state index contributed by atoms with van der Waals surface area (Å²) in [7, 11) is 0. The van der Waals surface area contributed by atoms with Crippen molar-refractivity contribution in [3.8, 4) is 11.8 Å². The zero-order valence-electron chi connectivity index (χ0n) is 12.1. The number of rotatable bonds is 2. The van der Waals surface area contributed by atoms with Crippen molar-refractivity contribution < 1.29 is 9.90 Å². The van der Waals surface area contributed by atoms with Gasteiger partial charge in [-0.15, -0.1) is 0 Å². The van der Waals surface area contributed by atoms with E-state index in [1.54, 1.807) is 0 Å². The molecule has 20 heavy (non-hydrogen) atoms. The third kappa shape index (κ3) is 3.40. The van der Waals surface area contributed by atoms with E-state index < -0.39 is 0 Å². The van der Waals surface area contributed by atoms with E-state index >= 15 is 0 Å². The lowest BCUT2D eigenvalue weighted by molar-refractivity contribution is 0.0787. The molecular formula is C17H21NO2. The van der Waals surface area contributed by atoms with Crippen LogP contribution in [0.25, 0.3) is 0 Å². The van der Waals surface area contributed by atoms with Gasteiger partial charge in [0.2, 0.25) is 0 Å². The van der Waals surface area contributed by atoms with Crippen molar-refractivity contribution in [2.75, 3.05) is 19.7 Å². The number of carbonyl (C=O) groups is 1. The van der Waals surface area contributed by atoms with Gasteiger partial charge < -0.3 is 10.0 Å². The molecule has 1 unspecified atom stereocenters. The second kappa shape index (κ2) is 6.58. The lowest BCUT2D eigenvalue weighted by Crippen LogP contribution is -2.29. The molecule has 0 saturated carbocycles. The van der Waals surface area contributed by atoms with Gasteiger partial charge in [0.25, 0.3) is 5.91 Å². The summed E-state index contributed by atoms with van der Waals surface area (Å²) < 4.78 is 0. The Morgan fingerprint density at radius 3 is 2.95 bits per heavy atom. The third-order valence-electron chi connectivity index (χ3n) is 3.58. The lowest BCUT2D eigenvalue weighted by Gasteiger charge is -2.17. The Kier molecular flexibility index (Phi) is 4.81. The molecule has 1 aromatic carbocycles. The summed E-state index contributed by atoms with van der Waals surface area (Å²) in [5, 5.41) is 8.79. The van der Waals surface area contributed by atoms with E-state index in [1.165, 1.54) is 0 Å². The van der Waals surface area contributed by atoms with Gasteiger partial charge in [-0.25, -0.2) is 0 Å². The zero-order valence-corrected chi connectivity index (χ0v) is 12.1. The second-order valence-electron chi connectivity index (χ2n) is 5.47. The fourth-order valence-corrected chi connectivity index (χ4v) is 2.45. The number of nitrogens with zero attached hydrogens (tertiary/aromatic N) is 1. The van der Waals surface area contributed by atoms with Gasteiger partial charge in [-0.1, -0.05) is 30.4 Å². The Bertz CT molecular complexity index is 554. The summed E-state index contributed by atoms with van der Waals surface area (Å²) >= 11 is 0. The van der Waals surface area contributed by atoms with Crippen LogP contribution in [0.4, 0.5) is 0 Å². The van der Waals surface area contributed by atoms with E-state index in [9.17, 15) is 4.79 Å². The van der Waals surface area contributed by atoms with Crippen molar-refractivity contribution in [3.63, 3.8) is 0 Å². The van der Waals surface area contributed by atoms with E-state index in [2.05, 4.69) is 18.8 Å². The number of benzene rings is 1. The number of likely N-dealkylation sites (tertiary alicyclic amines) is 1. The van der Waals surface area contributed by atoms with E-state index in [0.29, 0.717) is 17.9 Å². The first-order valence-electron chi connectivity index (χ1n) is 7.11. The van der Waals surface area contributed by atoms with Gasteiger partial charge in [-0.05, 0) is 31.4 Å². The third-order valence-corrected chi connectivity index (χ3v) is 3.58. The van der Waals surface area contributed by atoms with Crippen LogP contribution in [0.5, 0.6) is 0 Å². The maximum Gasteiger partial charge on any atom is 0.255 e. The number of amides is 1. The van der Waals surface area contributed by atoms with Gasteiger partial charge in [0.05, 0.1) is 12.2 Å². The van der Waals surface area contributed by atoms with Gasteiger partial charge in [0.15, 0.2) is 0 Å². The molecule has 3 nitrogen and oxygen atoms in total. The SMILES string of the molecule is Cc1ccc(C#CCCO)c(C(=O)N2CCC(C)C2)c1. The normalized spacial score (nSPS) is 17.8. The van der Waals surface area contributed by atoms with Gasteiger partial charge in [-0.3, -0.25) is 4.79 Å². The van der Waals surface area contributed by atoms with Crippen molar-refractivity contribution in [3.05, 3.63) is 34.9 Å². The quantitative estimate of drug-likeness (QED) is 0.838. The van der Waals surface area contributed by atoms with Gasteiger partial charge in [0.1, 0.15) is 0 Å². The van der Waals surface area contributed by atoms with E-state index in [-0.39, 0.29) is 12.5 Å². The summed E-state index contributed by atoms with van der Waals surface area (Å²) in [6.45, 7) is 5.86. The molecule has 1 aliphatic heterocycles. The van der Waals surface area contributed by atoms with Crippen LogP contribution in [-0.4, -0.2) is 35.6 Å². The van der Waals surface area contributed by atoms with Crippen LogP contribution in [0, 0.1) is 24.7 Å². The van der Waals surface area contributed by atoms with E-state index in [1.807, 2.05) is 30.0 Å². The maximum atomic E-state index is 12.6. The van der Waals surface area contributed by atoms with Gasteiger partial charge in [-0.2, -0.15) is 0 Å². The van der Waals surface area contributed by atoms with Crippen molar-refractivity contribution in [2.45, 2.75) is 26.7 Å². The summed E-state index contributed by atoms with van der Waals surface area (Å²) in [5.41, 5.74) is 2.51. The van der Waals surface area contributed by atoms with Crippen molar-refractivity contribution in [1.82, 2.24) is 4.90 Å². The highest BCUT2D eigenvalue weighted by Gasteiger charge is 2.25. The molecule has 1 aliphatic rings. The molecule has 0 radical (unpaired) electrons. The molecule has 0 bridgehead atoms. The minimum absolute atomic E-state index is 0.0474. The molecule has 0 spiro atoms. The highest BCUT2D eigenvalue weighted by Crippen LogP contribution is 2.20. The fraction of sp³-hybridized carbons (Fsp3) is 0.471. The Balaban J connectivity index is 2.27. The van der Waals surface area contributed by atoms with Crippen LogP contribution in [0.15, 0.2) is 18.2 Å². The highest BCUT2D eigenvalue weighted by atomic mass is 16.2. The van der Waals surface area contributed by atoms with Gasteiger partial charge >= 0.3 is 0 Å². The largest absolute Gasteiger partial charge is 0.395 e. The molecule has 0 aromatic heterocycles. The first-order valence-corrected chi connectivity index (χ1v) is 7.11. The molecule has 0 aliphatic carbocycles. The highest BCUT2D eigenvalue weighted by molar-refractivity contribution is 5.97. The molecule has 1 amide bonds. The van der Waals surface area contributed by atoms with E-state index in [4.69, 9.17) is 5.11 Å². The van der Waals surface area contributed by atoms with Crippen molar-refractivity contribution in [2.24, 2.45) is 5.92 Å². The molecule has 106 valence electrons. The monoisotopic (exact) mass is 271 g/mol. The average Bonchev–Trinajstić information content (AvgIpc) is 2.86. The standard InChI is InChI=1S/C17H21NO2/c1-13-6-7-15(5-3-4-10-19)16(11-13)17(20)18-9-8-14(2)12-18/h6-7,11,14,19H,4,8-10,12H2,1-2H3. The number of aliphatic hydroxyl groups is 1. The zero-order chi connectivity index (χ0) is 14.5. The van der Waals surface area contributed by atoms with Gasteiger partial charge in [0, 0.05) is 25.1 Å². The first-order chi connectivity index (χ1) is 9.61. The van der Waals surface area contributed by atoms with Crippen molar-refractivity contribution in [1.29, 1.82) is 0 Å². The van der Waals surface area contributed by atoms with E-state index in [0.717, 1.165) is 30.6 Å². The fourth-order valence-electron chi connectivity index (χ4n) is 2.45. The Morgan fingerprint density at radius 1 is 1.50 bits per heavy atom. The summed E-state index contributed by atoms with van der Waals surface area (Å²) in [5.74, 6) is 6.55. The molecule has 1 aromatic rings. The smallest absolute Gasteiger partial charge is 0.255 e. The lowest BCUT2D eigenvalue weighted by atomic mass is 10.0. The Morgan fingerprint density at radius 2 is 2.30 bits per heavy atom. The predicted molar refractivity (Wildman–Crippen MR) is 79.4 cm³/mol. The number of carbonyl (C=O) groups excluding carboxylic acids is 1. The number of hydrogen-bond acceptors (Lipinski definition) is 2. The van der Waals surface area contributed by atoms with Crippen LogP contribution >= 0.6 is 0 Å². The molecule has 1 atom stereocenters. The average molecular weight is 271 g/mol. The molecule has 2 rings (SSSR count). The summed E-state index contributed by atoms with van der Waals surface area (Å²) in [6.07, 6.45) is 1.51. The maximum absolute atomic E-state index is 12.6. The van der Waals surface area contributed by atoms with Crippen molar-refractivity contribution >= 4 is 5.91 Å². The molecule has 1 saturated heterocycles. The minimum Gasteiger partial charge on any atom is -0.395 e. The van der Waals surface area contributed by atoms with Crippen LogP contribution < -0.4 is 0 Å². The molecule has 1 N–H and O–H groups in total. The number of hydrogen-bond donors (Lipinski definition) is 1. The second-order valence-corrected chi connectivity index (χ2v) is 5.47. The van der Waals surface area contributed by atoms with Crippen LogP contribution in [0.1, 0.15) is 41.3 Å². The number of aliphatic hydroxyl groups excluding tert-OH is 1. The summed E-state index contributed by atoms with van der Waals surface area (Å²) in [4.78, 5) is 14.5. The first kappa shape index (κ1) is 14.6. The minimum atomic E-state index is 0.0474. The Labute approximate surface area is 120 Å². The molecule has 1 heterocycles. The molecule has 1 fully saturated rings. The molecular weight excluding hydrogens is 250 g/mol. The molecule has 3 heteroatoms. The predicted octanol–water partition coefficient (Wildman–Crippen LogP) is 2.21.